The summed E-state index contributed by atoms with van der Waals surface area (Å²) < 4.78 is 5.53. The Morgan fingerprint density at radius 3 is 2.78 bits per heavy atom. The van der Waals surface area contributed by atoms with Gasteiger partial charge in [-0.1, -0.05) is 0 Å². The summed E-state index contributed by atoms with van der Waals surface area (Å²) in [6.45, 7) is 9.11. The number of carbonyl (C=O) groups is 1. The van der Waals surface area contributed by atoms with Gasteiger partial charge in [-0.05, 0) is 51.1 Å². The van der Waals surface area contributed by atoms with Crippen LogP contribution in [0.1, 0.15) is 26.7 Å². The number of piperazine rings is 1. The molecule has 4 rings (SSSR count). The van der Waals surface area contributed by atoms with Crippen LogP contribution < -0.4 is 26.0 Å². The molecule has 37 heavy (non-hydrogen) atoms. The fourth-order valence-electron chi connectivity index (χ4n) is 4.07. The van der Waals surface area contributed by atoms with Gasteiger partial charge in [0.05, 0.1) is 18.4 Å². The Labute approximate surface area is 217 Å². The first-order valence-corrected chi connectivity index (χ1v) is 12.6. The van der Waals surface area contributed by atoms with E-state index in [4.69, 9.17) is 4.74 Å². The van der Waals surface area contributed by atoms with Crippen LogP contribution >= 0.6 is 0 Å². The van der Waals surface area contributed by atoms with Gasteiger partial charge in [-0.3, -0.25) is 4.79 Å². The van der Waals surface area contributed by atoms with E-state index in [0.717, 1.165) is 50.4 Å². The molecule has 3 aromatic rings. The van der Waals surface area contributed by atoms with E-state index in [1.807, 2.05) is 38.1 Å². The standard InChI is InChI=1S/C26H35N9O2/c1-18(2)31-24-20(6-4-10-28-24)25-29-17-30-26(34-25)32-19-8-9-21(22(16-19)37-3)33-23(36)7-5-13-35-14-11-27-12-15-35/h4,6,8-10,16-18,27H,5,7,11-15H2,1-3H3,(H,28,31)(H,33,36)(H,29,30,32,34). The van der Waals surface area contributed by atoms with E-state index >= 15 is 0 Å². The summed E-state index contributed by atoms with van der Waals surface area (Å²) in [7, 11) is 1.58. The zero-order valence-corrected chi connectivity index (χ0v) is 21.6. The van der Waals surface area contributed by atoms with Crippen LogP contribution in [0.3, 0.4) is 0 Å². The average molecular weight is 506 g/mol. The van der Waals surface area contributed by atoms with Crippen molar-refractivity contribution in [2.24, 2.45) is 0 Å². The molecule has 1 saturated heterocycles. The molecule has 3 heterocycles. The van der Waals surface area contributed by atoms with Crippen LogP contribution in [0.15, 0.2) is 42.9 Å². The van der Waals surface area contributed by atoms with Crippen molar-refractivity contribution in [3.8, 4) is 17.1 Å². The van der Waals surface area contributed by atoms with Crippen molar-refractivity contribution in [2.45, 2.75) is 32.7 Å². The third-order valence-electron chi connectivity index (χ3n) is 5.87. The Balaban J connectivity index is 1.39. The fraction of sp³-hybridized carbons (Fsp3) is 0.423. The Morgan fingerprint density at radius 2 is 2.00 bits per heavy atom. The van der Waals surface area contributed by atoms with Crippen molar-refractivity contribution in [2.75, 3.05) is 55.8 Å². The number of carbonyl (C=O) groups excluding carboxylic acids is 1. The number of pyridine rings is 1. The summed E-state index contributed by atoms with van der Waals surface area (Å²) >= 11 is 0. The first-order valence-electron chi connectivity index (χ1n) is 12.6. The van der Waals surface area contributed by atoms with Crippen LogP contribution in [-0.4, -0.2) is 76.6 Å². The van der Waals surface area contributed by atoms with Gasteiger partial charge in [-0.2, -0.15) is 4.98 Å². The van der Waals surface area contributed by atoms with E-state index < -0.39 is 0 Å². The smallest absolute Gasteiger partial charge is 0.230 e. The molecular formula is C26H35N9O2. The molecule has 0 radical (unpaired) electrons. The van der Waals surface area contributed by atoms with Gasteiger partial charge < -0.3 is 30.9 Å². The molecule has 11 heteroatoms. The first kappa shape index (κ1) is 26.2. The Kier molecular flexibility index (Phi) is 9.17. The minimum Gasteiger partial charge on any atom is -0.494 e. The summed E-state index contributed by atoms with van der Waals surface area (Å²) in [5.41, 5.74) is 2.13. The van der Waals surface area contributed by atoms with Gasteiger partial charge in [0, 0.05) is 56.6 Å². The molecule has 1 aliphatic heterocycles. The van der Waals surface area contributed by atoms with Crippen LogP contribution in [0.5, 0.6) is 5.75 Å². The van der Waals surface area contributed by atoms with Crippen LogP contribution in [0.4, 0.5) is 23.1 Å². The monoisotopic (exact) mass is 505 g/mol. The highest BCUT2D eigenvalue weighted by Crippen LogP contribution is 2.30. The van der Waals surface area contributed by atoms with Crippen LogP contribution in [-0.2, 0) is 4.79 Å². The van der Waals surface area contributed by atoms with Crippen LogP contribution in [0, 0.1) is 0 Å². The molecule has 4 N–H and O–H groups in total. The average Bonchev–Trinajstić information content (AvgIpc) is 2.90. The number of methoxy groups -OCH3 is 1. The number of rotatable bonds is 11. The van der Waals surface area contributed by atoms with E-state index in [1.54, 1.807) is 19.4 Å². The summed E-state index contributed by atoms with van der Waals surface area (Å²) in [4.78, 5) is 32.5. The quantitative estimate of drug-likeness (QED) is 0.308. The summed E-state index contributed by atoms with van der Waals surface area (Å²) in [5, 5.41) is 12.8. The van der Waals surface area contributed by atoms with Gasteiger partial charge in [0.2, 0.25) is 11.9 Å². The maximum atomic E-state index is 12.5. The van der Waals surface area contributed by atoms with E-state index in [0.29, 0.717) is 35.4 Å². The molecule has 0 unspecified atom stereocenters. The lowest BCUT2D eigenvalue weighted by Gasteiger charge is -2.26. The van der Waals surface area contributed by atoms with Crippen molar-refractivity contribution in [1.29, 1.82) is 0 Å². The predicted molar refractivity (Wildman–Crippen MR) is 145 cm³/mol. The predicted octanol–water partition coefficient (Wildman–Crippen LogP) is 3.13. The lowest BCUT2D eigenvalue weighted by atomic mass is 10.2. The van der Waals surface area contributed by atoms with Crippen molar-refractivity contribution >= 4 is 29.0 Å². The highest BCUT2D eigenvalue weighted by atomic mass is 16.5. The molecule has 0 bridgehead atoms. The number of nitrogens with zero attached hydrogens (tertiary/aromatic N) is 5. The fourth-order valence-corrected chi connectivity index (χ4v) is 4.07. The molecule has 0 atom stereocenters. The summed E-state index contributed by atoms with van der Waals surface area (Å²) in [6.07, 6.45) is 4.47. The van der Waals surface area contributed by atoms with E-state index in [9.17, 15) is 4.79 Å². The number of ether oxygens (including phenoxy) is 1. The van der Waals surface area contributed by atoms with E-state index in [2.05, 4.69) is 46.1 Å². The van der Waals surface area contributed by atoms with Gasteiger partial charge in [-0.15, -0.1) is 0 Å². The molecule has 0 spiro atoms. The van der Waals surface area contributed by atoms with Crippen molar-refractivity contribution < 1.29 is 9.53 Å². The van der Waals surface area contributed by atoms with Gasteiger partial charge in [0.1, 0.15) is 17.9 Å². The number of amides is 1. The highest BCUT2D eigenvalue weighted by molar-refractivity contribution is 5.92. The second-order valence-electron chi connectivity index (χ2n) is 9.11. The molecule has 1 aromatic carbocycles. The van der Waals surface area contributed by atoms with E-state index in [1.165, 1.54) is 6.33 Å². The number of nitrogens with one attached hydrogen (secondary N) is 4. The second-order valence-corrected chi connectivity index (χ2v) is 9.11. The van der Waals surface area contributed by atoms with Gasteiger partial charge in [0.25, 0.3) is 0 Å². The minimum absolute atomic E-state index is 0.0291. The third kappa shape index (κ3) is 7.58. The van der Waals surface area contributed by atoms with Crippen molar-refractivity contribution in [1.82, 2.24) is 30.2 Å². The van der Waals surface area contributed by atoms with Gasteiger partial charge in [0.15, 0.2) is 5.82 Å². The SMILES string of the molecule is COc1cc(Nc2ncnc(-c3cccnc3NC(C)C)n2)ccc1NC(=O)CCCN1CCNCC1. The Bertz CT molecular complexity index is 1180. The number of aromatic nitrogens is 4. The second kappa shape index (κ2) is 12.9. The summed E-state index contributed by atoms with van der Waals surface area (Å²) in [6, 6.07) is 9.44. The minimum atomic E-state index is -0.0291. The zero-order valence-electron chi connectivity index (χ0n) is 21.6. The molecule has 0 saturated carbocycles. The largest absolute Gasteiger partial charge is 0.494 e. The lowest BCUT2D eigenvalue weighted by Crippen LogP contribution is -2.43. The molecule has 11 nitrogen and oxygen atoms in total. The Morgan fingerprint density at radius 1 is 1.16 bits per heavy atom. The molecule has 1 aliphatic rings. The third-order valence-corrected chi connectivity index (χ3v) is 5.87. The van der Waals surface area contributed by atoms with Gasteiger partial charge in [-0.25, -0.2) is 15.0 Å². The Hall–Kier alpha value is -3.83. The van der Waals surface area contributed by atoms with Crippen molar-refractivity contribution in [3.63, 3.8) is 0 Å². The normalized spacial score (nSPS) is 13.8. The maximum Gasteiger partial charge on any atom is 0.230 e. The number of benzene rings is 1. The molecule has 0 aliphatic carbocycles. The molecule has 1 amide bonds. The number of hydrogen-bond acceptors (Lipinski definition) is 10. The molecule has 196 valence electrons. The van der Waals surface area contributed by atoms with Crippen LogP contribution in [0.2, 0.25) is 0 Å². The van der Waals surface area contributed by atoms with Crippen LogP contribution in [0.25, 0.3) is 11.4 Å². The first-order chi connectivity index (χ1) is 18.0. The van der Waals surface area contributed by atoms with Gasteiger partial charge >= 0.3 is 0 Å². The molecule has 2 aromatic heterocycles. The summed E-state index contributed by atoms with van der Waals surface area (Å²) in [5.74, 6) is 2.12. The van der Waals surface area contributed by atoms with Crippen molar-refractivity contribution in [3.05, 3.63) is 42.9 Å². The maximum absolute atomic E-state index is 12.5. The zero-order chi connectivity index (χ0) is 26.0. The molecule has 1 fully saturated rings. The number of hydrogen-bond donors (Lipinski definition) is 4. The lowest BCUT2D eigenvalue weighted by molar-refractivity contribution is -0.116. The number of anilines is 4. The highest BCUT2D eigenvalue weighted by Gasteiger charge is 2.14. The molecular weight excluding hydrogens is 470 g/mol. The topological polar surface area (TPSA) is 129 Å². The van der Waals surface area contributed by atoms with E-state index in [-0.39, 0.29) is 11.9 Å².